The first-order chi connectivity index (χ1) is 8.20. The largest absolute Gasteiger partial charge is 0.490 e. The summed E-state index contributed by atoms with van der Waals surface area (Å²) >= 11 is 0. The molecule has 0 fully saturated rings. The van der Waals surface area contributed by atoms with E-state index in [0.29, 0.717) is 0 Å². The number of anilines is 1. The van der Waals surface area contributed by atoms with Crippen LogP contribution in [-0.2, 0) is 6.61 Å². The van der Waals surface area contributed by atoms with Crippen LogP contribution in [0.4, 0.5) is 5.69 Å². The number of nitrogens with zero attached hydrogens (tertiary/aromatic N) is 1. The van der Waals surface area contributed by atoms with Gasteiger partial charge in [0.05, 0.1) is 18.8 Å². The first-order valence-electron chi connectivity index (χ1n) is 6.32. The molecule has 2 rings (SSSR count). The molecule has 1 heterocycles. The number of fused-ring (bicyclic) bond motifs is 1. The summed E-state index contributed by atoms with van der Waals surface area (Å²) < 4.78 is 5.65. The Morgan fingerprint density at radius 3 is 2.94 bits per heavy atom. The third-order valence-electron chi connectivity index (χ3n) is 3.14. The van der Waals surface area contributed by atoms with Gasteiger partial charge in [-0.05, 0) is 30.0 Å². The minimum atomic E-state index is 0.0721. The highest BCUT2D eigenvalue weighted by molar-refractivity contribution is 5.61. The summed E-state index contributed by atoms with van der Waals surface area (Å²) in [4.78, 5) is 2.37. The molecule has 0 atom stereocenters. The van der Waals surface area contributed by atoms with E-state index in [1.54, 1.807) is 0 Å². The number of ether oxygens (including phenoxy) is 1. The molecule has 1 N–H and O–H groups in total. The van der Waals surface area contributed by atoms with E-state index in [1.807, 2.05) is 12.1 Å². The Balaban J connectivity index is 2.14. The van der Waals surface area contributed by atoms with Gasteiger partial charge in [0, 0.05) is 6.54 Å². The summed E-state index contributed by atoms with van der Waals surface area (Å²) in [6.07, 6.45) is 1.20. The minimum Gasteiger partial charge on any atom is -0.490 e. The maximum atomic E-state index is 9.11. The average molecular weight is 235 g/mol. The van der Waals surface area contributed by atoms with Crippen molar-refractivity contribution in [3.8, 4) is 5.75 Å². The van der Waals surface area contributed by atoms with Crippen molar-refractivity contribution in [2.45, 2.75) is 26.9 Å². The number of aliphatic hydroxyl groups is 1. The molecule has 1 aromatic rings. The summed E-state index contributed by atoms with van der Waals surface area (Å²) in [6.45, 7) is 7.33. The van der Waals surface area contributed by atoms with Crippen molar-refractivity contribution in [1.82, 2.24) is 0 Å². The van der Waals surface area contributed by atoms with Gasteiger partial charge in [-0.1, -0.05) is 19.9 Å². The molecule has 1 aliphatic rings. The number of benzene rings is 1. The highest BCUT2D eigenvalue weighted by Gasteiger charge is 2.18. The lowest BCUT2D eigenvalue weighted by Crippen LogP contribution is -2.34. The van der Waals surface area contributed by atoms with Crippen molar-refractivity contribution >= 4 is 5.69 Å². The van der Waals surface area contributed by atoms with Crippen LogP contribution in [0.3, 0.4) is 0 Å². The molecule has 1 aliphatic heterocycles. The zero-order valence-corrected chi connectivity index (χ0v) is 10.6. The van der Waals surface area contributed by atoms with Gasteiger partial charge in [-0.3, -0.25) is 0 Å². The first-order valence-corrected chi connectivity index (χ1v) is 6.32. The van der Waals surface area contributed by atoms with Crippen LogP contribution in [0.15, 0.2) is 18.2 Å². The summed E-state index contributed by atoms with van der Waals surface area (Å²) in [5.41, 5.74) is 2.07. The van der Waals surface area contributed by atoms with Crippen LogP contribution in [0.1, 0.15) is 25.8 Å². The lowest BCUT2D eigenvalue weighted by atomic mass is 10.1. The number of hydrogen-bond acceptors (Lipinski definition) is 3. The van der Waals surface area contributed by atoms with Crippen molar-refractivity contribution in [2.24, 2.45) is 5.92 Å². The molecule has 0 aliphatic carbocycles. The molecule has 3 nitrogen and oxygen atoms in total. The third kappa shape index (κ3) is 2.91. The zero-order chi connectivity index (χ0) is 12.3. The topological polar surface area (TPSA) is 32.7 Å². The smallest absolute Gasteiger partial charge is 0.143 e. The van der Waals surface area contributed by atoms with Gasteiger partial charge < -0.3 is 14.7 Å². The maximum Gasteiger partial charge on any atom is 0.143 e. The molecule has 0 unspecified atom stereocenters. The predicted octanol–water partition coefficient (Wildman–Crippen LogP) is 2.42. The second kappa shape index (κ2) is 5.41. The fourth-order valence-corrected chi connectivity index (χ4v) is 2.07. The van der Waals surface area contributed by atoms with Gasteiger partial charge in [0.2, 0.25) is 0 Å². The molecule has 0 aromatic heterocycles. The van der Waals surface area contributed by atoms with Gasteiger partial charge in [-0.15, -0.1) is 0 Å². The number of aliphatic hydroxyl groups excluding tert-OH is 1. The van der Waals surface area contributed by atoms with E-state index >= 15 is 0 Å². The van der Waals surface area contributed by atoms with Crippen LogP contribution in [0, 0.1) is 5.92 Å². The van der Waals surface area contributed by atoms with Crippen molar-refractivity contribution in [2.75, 3.05) is 24.6 Å². The van der Waals surface area contributed by atoms with E-state index in [1.165, 1.54) is 6.42 Å². The second-order valence-electron chi connectivity index (χ2n) is 4.98. The lowest BCUT2D eigenvalue weighted by Gasteiger charge is -2.32. The average Bonchev–Trinajstić information content (AvgIpc) is 2.35. The molecule has 0 amide bonds. The molecule has 94 valence electrons. The van der Waals surface area contributed by atoms with Crippen molar-refractivity contribution in [3.63, 3.8) is 0 Å². The van der Waals surface area contributed by atoms with Gasteiger partial charge in [-0.2, -0.15) is 0 Å². The number of rotatable bonds is 4. The Kier molecular flexibility index (Phi) is 3.89. The van der Waals surface area contributed by atoms with Gasteiger partial charge >= 0.3 is 0 Å². The number of hydrogen-bond donors (Lipinski definition) is 1. The van der Waals surface area contributed by atoms with E-state index in [2.05, 4.69) is 24.8 Å². The van der Waals surface area contributed by atoms with Crippen molar-refractivity contribution in [3.05, 3.63) is 23.8 Å². The highest BCUT2D eigenvalue weighted by atomic mass is 16.5. The molecule has 0 saturated heterocycles. The first kappa shape index (κ1) is 12.2. The molecular weight excluding hydrogens is 214 g/mol. The Morgan fingerprint density at radius 2 is 2.24 bits per heavy atom. The Hall–Kier alpha value is -1.22. The van der Waals surface area contributed by atoms with Crippen LogP contribution in [0.25, 0.3) is 0 Å². The summed E-state index contributed by atoms with van der Waals surface area (Å²) in [5, 5.41) is 9.11. The summed E-state index contributed by atoms with van der Waals surface area (Å²) in [6, 6.07) is 5.97. The maximum absolute atomic E-state index is 9.11. The second-order valence-corrected chi connectivity index (χ2v) is 4.98. The van der Waals surface area contributed by atoms with E-state index in [9.17, 15) is 0 Å². The SMILES string of the molecule is CC(C)CCN1CCOc2cc(CO)ccc21. The molecule has 0 radical (unpaired) electrons. The lowest BCUT2D eigenvalue weighted by molar-refractivity contribution is 0.277. The predicted molar refractivity (Wildman–Crippen MR) is 69.5 cm³/mol. The van der Waals surface area contributed by atoms with E-state index in [-0.39, 0.29) is 6.61 Å². The monoisotopic (exact) mass is 235 g/mol. The van der Waals surface area contributed by atoms with Gasteiger partial charge in [0.25, 0.3) is 0 Å². The fraction of sp³-hybridized carbons (Fsp3) is 0.571. The van der Waals surface area contributed by atoms with E-state index in [4.69, 9.17) is 9.84 Å². The van der Waals surface area contributed by atoms with Gasteiger partial charge in [0.15, 0.2) is 0 Å². The quantitative estimate of drug-likeness (QED) is 0.870. The third-order valence-corrected chi connectivity index (χ3v) is 3.14. The highest BCUT2D eigenvalue weighted by Crippen LogP contribution is 2.32. The molecular formula is C14H21NO2. The minimum absolute atomic E-state index is 0.0721. The van der Waals surface area contributed by atoms with E-state index < -0.39 is 0 Å². The van der Waals surface area contributed by atoms with Crippen LogP contribution in [0.5, 0.6) is 5.75 Å². The Bertz CT molecular complexity index is 376. The standard InChI is InChI=1S/C14H21NO2/c1-11(2)5-6-15-7-8-17-14-9-12(10-16)3-4-13(14)15/h3-4,9,11,16H,5-8,10H2,1-2H3. The van der Waals surface area contributed by atoms with Gasteiger partial charge in [-0.25, -0.2) is 0 Å². The Morgan fingerprint density at radius 1 is 1.41 bits per heavy atom. The van der Waals surface area contributed by atoms with E-state index in [0.717, 1.165) is 42.6 Å². The summed E-state index contributed by atoms with van der Waals surface area (Å²) in [7, 11) is 0. The van der Waals surface area contributed by atoms with Crippen LogP contribution < -0.4 is 9.64 Å². The fourth-order valence-electron chi connectivity index (χ4n) is 2.07. The molecule has 1 aromatic carbocycles. The molecule has 0 spiro atoms. The molecule has 17 heavy (non-hydrogen) atoms. The van der Waals surface area contributed by atoms with Crippen LogP contribution >= 0.6 is 0 Å². The summed E-state index contributed by atoms with van der Waals surface area (Å²) in [5.74, 6) is 1.63. The Labute approximate surface area is 103 Å². The molecule has 0 bridgehead atoms. The zero-order valence-electron chi connectivity index (χ0n) is 10.6. The van der Waals surface area contributed by atoms with Crippen molar-refractivity contribution in [1.29, 1.82) is 0 Å². The normalized spacial score (nSPS) is 14.7. The van der Waals surface area contributed by atoms with Gasteiger partial charge in [0.1, 0.15) is 12.4 Å². The van der Waals surface area contributed by atoms with Crippen LogP contribution in [-0.4, -0.2) is 24.8 Å². The molecule has 0 saturated carbocycles. The molecule has 3 heteroatoms. The van der Waals surface area contributed by atoms with Crippen LogP contribution in [0.2, 0.25) is 0 Å². The van der Waals surface area contributed by atoms with Crippen molar-refractivity contribution < 1.29 is 9.84 Å².